The summed E-state index contributed by atoms with van der Waals surface area (Å²) in [6, 6.07) is 0. The molecule has 7 heteroatoms. The summed E-state index contributed by atoms with van der Waals surface area (Å²) in [5.41, 5.74) is 0. The van der Waals surface area contributed by atoms with Crippen LogP contribution in [0.4, 0.5) is 0 Å². The van der Waals surface area contributed by atoms with Crippen LogP contribution in [-0.2, 0) is 23.7 Å². The fourth-order valence-electron chi connectivity index (χ4n) is 2.42. The van der Waals surface area contributed by atoms with E-state index in [0.29, 0.717) is 59.3 Å². The molecular formula is C18H33IO6. The molecule has 0 radical (unpaired) electrons. The molecule has 6 nitrogen and oxygen atoms in total. The van der Waals surface area contributed by atoms with Gasteiger partial charge in [0.25, 0.3) is 0 Å². The van der Waals surface area contributed by atoms with E-state index in [1.165, 1.54) is 23.7 Å². The number of carbonyl (C=O) groups excluding carboxylic acids is 1. The predicted octanol–water partition coefficient (Wildman–Crippen LogP) is 2.04. The molecular weight excluding hydrogens is 439 g/mol. The third-order valence-electron chi connectivity index (χ3n) is 3.72. The van der Waals surface area contributed by atoms with Crippen molar-refractivity contribution in [1.82, 2.24) is 0 Å². The number of Topliss-reactive ketones (excluding diaryl/α,β-unsaturated/α-hetero) is 1. The molecule has 1 aliphatic heterocycles. The van der Waals surface area contributed by atoms with Gasteiger partial charge in [0.05, 0.1) is 59.5 Å². The van der Waals surface area contributed by atoms with Gasteiger partial charge in [-0.15, -0.1) is 19.1 Å². The van der Waals surface area contributed by atoms with Crippen LogP contribution in [-0.4, -0.2) is 78.7 Å². The zero-order chi connectivity index (χ0) is 18.2. The normalized spacial score (nSPS) is 17.8. The van der Waals surface area contributed by atoms with Crippen LogP contribution in [0.3, 0.4) is 0 Å². The number of hydrogen-bond acceptors (Lipinski definition) is 6. The minimum absolute atomic E-state index is 0.0345. The van der Waals surface area contributed by atoms with Gasteiger partial charge < -0.3 is 24.1 Å². The number of hydrogen-bond donors (Lipinski definition) is 1. The van der Waals surface area contributed by atoms with Crippen molar-refractivity contribution in [2.45, 2.75) is 36.5 Å². The summed E-state index contributed by atoms with van der Waals surface area (Å²) in [5, 5.41) is 8.52. The zero-order valence-electron chi connectivity index (χ0n) is 15.3. The van der Waals surface area contributed by atoms with Gasteiger partial charge in [0.15, 0.2) is 0 Å². The van der Waals surface area contributed by atoms with Crippen LogP contribution in [0, 0.1) is 3.81 Å². The summed E-state index contributed by atoms with van der Waals surface area (Å²) in [6.45, 7) is 6.06. The van der Waals surface area contributed by atoms with Crippen LogP contribution in [0.2, 0.25) is 0 Å². The van der Waals surface area contributed by atoms with Gasteiger partial charge in [0, 0.05) is 10.3 Å². The van der Waals surface area contributed by atoms with E-state index in [1.54, 1.807) is 0 Å². The number of halogens is 1. The van der Waals surface area contributed by atoms with Crippen molar-refractivity contribution in [2.75, 3.05) is 63.9 Å². The first-order valence-electron chi connectivity index (χ1n) is 9.13. The lowest BCUT2D eigenvalue weighted by molar-refractivity contribution is -0.114. The van der Waals surface area contributed by atoms with Gasteiger partial charge in [-0.25, -0.2) is 0 Å². The fraction of sp³-hybridized carbons (Fsp3) is 0.889. The molecule has 1 fully saturated rings. The average molecular weight is 472 g/mol. The minimum atomic E-state index is -1.24. The number of ether oxygens (including phenoxy) is 4. The topological polar surface area (TPSA) is 74.2 Å². The van der Waals surface area contributed by atoms with Crippen molar-refractivity contribution < 1.29 is 28.8 Å². The Labute approximate surface area is 158 Å². The fourth-order valence-corrected chi connectivity index (χ4v) is 8.57. The van der Waals surface area contributed by atoms with E-state index in [1.807, 2.05) is 0 Å². The molecule has 0 aliphatic carbocycles. The van der Waals surface area contributed by atoms with E-state index in [2.05, 4.69) is 10.7 Å². The molecule has 1 N–H and O–H groups in total. The molecule has 1 heterocycles. The zero-order valence-corrected chi connectivity index (χ0v) is 17.5. The Kier molecular flexibility index (Phi) is 14.9. The maximum absolute atomic E-state index is 11.9. The molecule has 0 bridgehead atoms. The highest BCUT2D eigenvalue weighted by atomic mass is 127. The smallest absolute Gasteiger partial charge is 0.204 e. The largest absolute Gasteiger partial charge is 0.394 e. The third-order valence-corrected chi connectivity index (χ3v) is 10.6. The summed E-state index contributed by atoms with van der Waals surface area (Å²) in [6.07, 6.45) is 4.24. The molecule has 0 aromatic heterocycles. The molecule has 0 aromatic rings. The van der Waals surface area contributed by atoms with Gasteiger partial charge in [-0.05, 0) is 23.7 Å². The highest BCUT2D eigenvalue weighted by Crippen LogP contribution is 2.41. The van der Waals surface area contributed by atoms with E-state index < -0.39 is 19.1 Å². The van der Waals surface area contributed by atoms with Crippen LogP contribution in [0.25, 0.3) is 0 Å². The molecule has 0 saturated carbocycles. The van der Waals surface area contributed by atoms with Crippen molar-refractivity contribution in [1.29, 1.82) is 0 Å². The maximum atomic E-state index is 11.9. The summed E-state index contributed by atoms with van der Waals surface area (Å²) in [5.74, 6) is 0.156. The Morgan fingerprint density at radius 2 is 1.56 bits per heavy atom. The van der Waals surface area contributed by atoms with Crippen molar-refractivity contribution in [3.63, 3.8) is 0 Å². The van der Waals surface area contributed by atoms with Gasteiger partial charge in [-0.3, -0.25) is 4.79 Å². The first-order chi connectivity index (χ1) is 12.3. The van der Waals surface area contributed by atoms with Gasteiger partial charge in [-0.1, -0.05) is 10.7 Å². The lowest BCUT2D eigenvalue weighted by atomic mass is 10.2. The van der Waals surface area contributed by atoms with E-state index in [4.69, 9.17) is 24.1 Å². The molecule has 1 saturated heterocycles. The minimum Gasteiger partial charge on any atom is -0.394 e. The Balaban J connectivity index is 1.89. The quantitative estimate of drug-likeness (QED) is 0.224. The first-order valence-corrected chi connectivity index (χ1v) is 13.0. The van der Waals surface area contributed by atoms with Crippen LogP contribution in [0.1, 0.15) is 32.6 Å². The second-order valence-electron chi connectivity index (χ2n) is 5.67. The van der Waals surface area contributed by atoms with Gasteiger partial charge in [-0.2, -0.15) is 0 Å². The summed E-state index contributed by atoms with van der Waals surface area (Å²) >= 11 is -1.24. The Hall–Kier alpha value is -0.0200. The molecule has 25 heavy (non-hydrogen) atoms. The Morgan fingerprint density at radius 1 is 1.00 bits per heavy atom. The van der Waals surface area contributed by atoms with E-state index in [9.17, 15) is 4.79 Å². The summed E-state index contributed by atoms with van der Waals surface area (Å²) < 4.78 is 26.5. The van der Waals surface area contributed by atoms with Gasteiger partial charge >= 0.3 is 0 Å². The van der Waals surface area contributed by atoms with Crippen molar-refractivity contribution in [3.8, 4) is 3.81 Å². The Morgan fingerprint density at radius 3 is 2.12 bits per heavy atom. The number of carbonyl (C=O) groups is 1. The van der Waals surface area contributed by atoms with E-state index in [0.717, 1.165) is 3.92 Å². The van der Waals surface area contributed by atoms with Crippen LogP contribution < -0.4 is 0 Å². The third kappa shape index (κ3) is 12.1. The highest BCUT2D eigenvalue weighted by Gasteiger charge is 2.17. The molecule has 0 aromatic carbocycles. The molecule has 1 aliphatic rings. The number of ketones is 1. The summed E-state index contributed by atoms with van der Waals surface area (Å²) in [4.78, 5) is 11.9. The number of alkyl halides is 2. The maximum Gasteiger partial charge on any atom is 0.204 e. The molecule has 1 rings (SSSR count). The molecule has 1 unspecified atom stereocenters. The van der Waals surface area contributed by atoms with E-state index >= 15 is 0 Å². The Bertz CT molecular complexity index is 428. The van der Waals surface area contributed by atoms with E-state index in [-0.39, 0.29) is 12.4 Å². The number of rotatable bonds is 15. The van der Waals surface area contributed by atoms with Crippen molar-refractivity contribution in [3.05, 3.63) is 0 Å². The number of aliphatic hydroxyl groups is 1. The first kappa shape index (κ1) is 23.0. The van der Waals surface area contributed by atoms with Crippen LogP contribution in [0.15, 0.2) is 0 Å². The van der Waals surface area contributed by atoms with Crippen LogP contribution in [0.5, 0.6) is 0 Å². The van der Waals surface area contributed by atoms with Crippen molar-refractivity contribution in [2.24, 2.45) is 0 Å². The molecule has 148 valence electrons. The molecule has 0 spiro atoms. The lowest BCUT2D eigenvalue weighted by Gasteiger charge is -2.07. The monoisotopic (exact) mass is 472 g/mol. The molecule has 1 atom stereocenters. The lowest BCUT2D eigenvalue weighted by Crippen LogP contribution is -2.13. The second-order valence-corrected chi connectivity index (χ2v) is 11.3. The highest BCUT2D eigenvalue weighted by molar-refractivity contribution is 14.2. The summed E-state index contributed by atoms with van der Waals surface area (Å²) in [7, 11) is 0. The second kappa shape index (κ2) is 16.2. The molecule has 0 amide bonds. The average Bonchev–Trinajstić information content (AvgIpc) is 3.06. The predicted molar refractivity (Wildman–Crippen MR) is 106 cm³/mol. The SMILES string of the molecule is CCC1CCCI1#CC(=O)CCOCCOCCOCCOCCO. The standard InChI is InChI=1S/C18H33IO6/c1-2-17-4-3-6-19(17)16-18(21)5-8-22-10-12-24-14-15-25-13-11-23-9-7-20/h17,20H,2-15H2,1H3. The van der Waals surface area contributed by atoms with Crippen molar-refractivity contribution >= 4 is 24.9 Å². The van der Waals surface area contributed by atoms with Gasteiger partial charge in [0.1, 0.15) is 0 Å². The van der Waals surface area contributed by atoms with Crippen LogP contribution >= 0.6 is 19.1 Å². The number of aliphatic hydroxyl groups excluding tert-OH is 1. The van der Waals surface area contributed by atoms with Gasteiger partial charge in [0.2, 0.25) is 5.78 Å².